The zero-order chi connectivity index (χ0) is 77.7. The second-order valence-electron chi connectivity index (χ2n) is 30.8. The number of phenolic OH excluding ortho intramolecular Hbond substituents is 1. The Morgan fingerprint density at radius 1 is 0.544 bits per heavy atom. The van der Waals surface area contributed by atoms with Crippen LogP contribution >= 0.6 is 0 Å². The van der Waals surface area contributed by atoms with E-state index in [2.05, 4.69) is 21.3 Å². The normalized spacial score (nSPS) is 25.2. The van der Waals surface area contributed by atoms with E-state index in [-0.39, 0.29) is 93.6 Å². The van der Waals surface area contributed by atoms with Crippen molar-refractivity contribution in [3.63, 3.8) is 0 Å². The smallest absolute Gasteiger partial charge is 0.248 e. The van der Waals surface area contributed by atoms with Gasteiger partial charge in [-0.05, 0) is 133 Å². The second-order valence-corrected chi connectivity index (χ2v) is 30.8. The Morgan fingerprint density at radius 3 is 1.55 bits per heavy atom. The molecule has 578 valence electrons. The topological polar surface area (TPSA) is 332 Å². The summed E-state index contributed by atoms with van der Waals surface area (Å²) >= 11 is 0. The number of aliphatic hydroxyl groups is 2. The number of carbonyl (C=O) groups excluding carboxylic acids is 11. The summed E-state index contributed by atoms with van der Waals surface area (Å²) in [5, 5.41) is 44.5. The van der Waals surface area contributed by atoms with Gasteiger partial charge in [-0.25, -0.2) is 4.39 Å². The van der Waals surface area contributed by atoms with Crippen LogP contribution in [0.2, 0.25) is 0 Å². The molecule has 0 aliphatic carbocycles. The van der Waals surface area contributed by atoms with Gasteiger partial charge >= 0.3 is 0 Å². The van der Waals surface area contributed by atoms with Gasteiger partial charge in [-0.3, -0.25) is 57.6 Å². The SMILES string of the molecule is CC(C)C[C@H]1C(=O)N[C@H](C(=O)N2CCCCC2)CC(O)N(C)CCCC(=O)N(C)[C@@H](CC(C)C)C(=O)N[C@@H](Cc2ccc(O)c(F)c2)C(=O)N(C)[C@@H](CC(C)C)C(=O)N(C)[C@@H](Cc2ccccc2)C(=O)N[C@@H](COC(C)(C)C)C(=O)N(C)[C@@H](CC(C)C)C(=O)N[C@@H]([C@@H](C)O)C(=O)N(C)CC(=O)N1C. The first kappa shape index (κ1) is 87.6. The maximum Gasteiger partial charge on any atom is 0.248 e. The van der Waals surface area contributed by atoms with Gasteiger partial charge in [0.25, 0.3) is 0 Å². The van der Waals surface area contributed by atoms with Crippen molar-refractivity contribution >= 4 is 65.0 Å². The van der Waals surface area contributed by atoms with Gasteiger partial charge in [0.05, 0.1) is 24.9 Å². The molecule has 0 saturated carbocycles. The molecule has 2 aromatic carbocycles. The molecule has 7 N–H and O–H groups in total. The molecule has 0 radical (unpaired) electrons. The Balaban J connectivity index is 1.95. The van der Waals surface area contributed by atoms with Crippen LogP contribution in [0.25, 0.3) is 0 Å². The molecule has 2 heterocycles. The number of phenols is 1. The minimum absolute atomic E-state index is 0.00286. The molecule has 0 bridgehead atoms. The van der Waals surface area contributed by atoms with Crippen molar-refractivity contribution in [1.29, 1.82) is 0 Å². The molecule has 2 aromatic rings. The number of rotatable bonds is 16. The Morgan fingerprint density at radius 2 is 1.02 bits per heavy atom. The largest absolute Gasteiger partial charge is 0.505 e. The van der Waals surface area contributed by atoms with Crippen molar-refractivity contribution in [2.75, 3.05) is 82.1 Å². The van der Waals surface area contributed by atoms with E-state index < -0.39 is 162 Å². The van der Waals surface area contributed by atoms with Crippen molar-refractivity contribution in [3.8, 4) is 5.75 Å². The third-order valence-electron chi connectivity index (χ3n) is 19.0. The summed E-state index contributed by atoms with van der Waals surface area (Å²) in [5.41, 5.74) is -0.119. The molecule has 1 unspecified atom stereocenters. The minimum Gasteiger partial charge on any atom is -0.505 e. The molecule has 2 aliphatic heterocycles. The Bertz CT molecular complexity index is 3180. The van der Waals surface area contributed by atoms with E-state index in [1.54, 1.807) is 76.9 Å². The fraction of sp³-hybridized carbons (Fsp3) is 0.693. The van der Waals surface area contributed by atoms with Crippen LogP contribution < -0.4 is 21.3 Å². The summed E-state index contributed by atoms with van der Waals surface area (Å²) in [6.45, 7) is 20.9. The number of nitrogens with one attached hydrogen (secondary N) is 4. The van der Waals surface area contributed by atoms with Gasteiger partial charge in [0.15, 0.2) is 11.6 Å². The molecule has 28 heteroatoms. The number of aromatic hydroxyl groups is 1. The number of hydrogen-bond donors (Lipinski definition) is 7. The first-order chi connectivity index (χ1) is 48.0. The number of benzene rings is 2. The predicted molar refractivity (Wildman–Crippen MR) is 388 cm³/mol. The molecule has 0 spiro atoms. The molecule has 0 aromatic heterocycles. The summed E-state index contributed by atoms with van der Waals surface area (Å²) in [7, 11) is 9.82. The van der Waals surface area contributed by atoms with Crippen LogP contribution in [0.1, 0.15) is 158 Å². The number of hydrogen-bond acceptors (Lipinski definition) is 16. The summed E-state index contributed by atoms with van der Waals surface area (Å²) in [6, 6.07) is -0.332. The van der Waals surface area contributed by atoms with Gasteiger partial charge in [-0.15, -0.1) is 0 Å². The van der Waals surface area contributed by atoms with Crippen molar-refractivity contribution in [2.24, 2.45) is 23.7 Å². The van der Waals surface area contributed by atoms with Gasteiger partial charge in [0.2, 0.25) is 65.0 Å². The molecule has 2 saturated heterocycles. The quantitative estimate of drug-likeness (QED) is 0.126. The van der Waals surface area contributed by atoms with Gasteiger partial charge < -0.3 is 75.6 Å². The highest BCUT2D eigenvalue weighted by Crippen LogP contribution is 2.25. The molecule has 2 aliphatic rings. The lowest BCUT2D eigenvalue weighted by atomic mass is 9.97. The molecule has 2 fully saturated rings. The van der Waals surface area contributed by atoms with E-state index in [4.69, 9.17) is 4.74 Å². The Hall–Kier alpha value is -7.82. The van der Waals surface area contributed by atoms with Crippen molar-refractivity contribution in [3.05, 3.63) is 65.5 Å². The molecule has 11 amide bonds. The van der Waals surface area contributed by atoms with Crippen molar-refractivity contribution in [1.82, 2.24) is 60.5 Å². The maximum atomic E-state index is 15.6. The lowest BCUT2D eigenvalue weighted by Crippen LogP contribution is -2.62. The van der Waals surface area contributed by atoms with E-state index in [0.717, 1.165) is 38.2 Å². The number of likely N-dealkylation sites (tertiary alicyclic amines) is 1. The van der Waals surface area contributed by atoms with Crippen molar-refractivity contribution < 1.29 is 77.2 Å². The summed E-state index contributed by atoms with van der Waals surface area (Å²) in [4.78, 5) is 174. The number of carbonyl (C=O) groups is 11. The Labute approximate surface area is 609 Å². The van der Waals surface area contributed by atoms with E-state index in [1.165, 1.54) is 70.0 Å². The summed E-state index contributed by atoms with van der Waals surface area (Å²) in [6.07, 6.45) is -1.16. The monoisotopic (exact) mass is 1450 g/mol. The Kier molecular flexibility index (Phi) is 34.4. The van der Waals surface area contributed by atoms with Gasteiger partial charge in [-0.1, -0.05) is 91.8 Å². The van der Waals surface area contributed by atoms with Gasteiger partial charge in [-0.2, -0.15) is 0 Å². The number of ether oxygens (including phenoxy) is 1. The first-order valence-corrected chi connectivity index (χ1v) is 36.3. The number of piperidine rings is 1. The van der Waals surface area contributed by atoms with Crippen LogP contribution in [0, 0.1) is 29.5 Å². The van der Waals surface area contributed by atoms with Crippen LogP contribution in [0.5, 0.6) is 5.75 Å². The van der Waals surface area contributed by atoms with Crippen LogP contribution in [-0.2, 0) is 70.3 Å². The molecule has 11 atom stereocenters. The van der Waals surface area contributed by atoms with Crippen LogP contribution in [0.4, 0.5) is 4.39 Å². The fourth-order valence-electron chi connectivity index (χ4n) is 12.8. The molecular weight excluding hydrogens is 1330 g/mol. The summed E-state index contributed by atoms with van der Waals surface area (Å²) in [5.74, 6) is -10.7. The fourth-order valence-corrected chi connectivity index (χ4v) is 12.8. The van der Waals surface area contributed by atoms with E-state index >= 15 is 23.6 Å². The first-order valence-electron chi connectivity index (χ1n) is 36.3. The zero-order valence-electron chi connectivity index (χ0n) is 64.5. The molecular formula is C75H121FN12O15. The number of amides is 11. The number of halogens is 1. The van der Waals surface area contributed by atoms with Crippen LogP contribution in [-0.4, -0.2) is 274 Å². The zero-order valence-corrected chi connectivity index (χ0v) is 64.5. The third-order valence-corrected chi connectivity index (χ3v) is 19.0. The maximum absolute atomic E-state index is 15.6. The van der Waals surface area contributed by atoms with Crippen molar-refractivity contribution in [2.45, 2.75) is 232 Å². The van der Waals surface area contributed by atoms with Crippen LogP contribution in [0.3, 0.4) is 0 Å². The average molecular weight is 1450 g/mol. The standard InChI is InChI=1S/C75H121FN12O15/c1-45(2)35-56-66(94)77-53(40-51-30-31-61(90)52(76)39-51)70(98)87(19)60(38-48(7)8)73(101)86(18)59(41-50-27-22-20-23-28-50)68(96)79-55(44-103-75(10,11)12)71(99)85(17)58(37-47(5)6)69(97)80-65(49(9)89)74(102)82(14)43-64(93)84(16)57(36-46(3)4)67(95)78-54(72(100)88-33-24-21-25-34-88)42-63(92)81(13)32-26-29-62(91)83(56)15/h20,22-23,27-28,30-31,39,45-49,53-60,63,65,89-90,92H,21,24-26,29,32-38,40-44H2,1-19H3,(H,77,94)(H,78,95)(H,79,96)(H,80,97)/t49-,53+,54+,55+,56+,57+,58+,59+,60+,63?,65+/m1/s1. The molecule has 27 nitrogen and oxygen atoms in total. The van der Waals surface area contributed by atoms with E-state index in [0.29, 0.717) is 31.5 Å². The molecule has 4 rings (SSSR count). The number of aliphatic hydroxyl groups excluding tert-OH is 2. The average Bonchev–Trinajstić information content (AvgIpc) is 0.817. The number of nitrogens with zero attached hydrogens (tertiary/aromatic N) is 8. The van der Waals surface area contributed by atoms with E-state index in [1.807, 2.05) is 41.5 Å². The highest BCUT2D eigenvalue weighted by Gasteiger charge is 2.43. The predicted octanol–water partition coefficient (Wildman–Crippen LogP) is 3.68. The van der Waals surface area contributed by atoms with Crippen LogP contribution in [0.15, 0.2) is 48.5 Å². The highest BCUT2D eigenvalue weighted by atomic mass is 19.1. The highest BCUT2D eigenvalue weighted by molar-refractivity contribution is 5.99. The number of likely N-dealkylation sites (N-methyl/N-ethyl adjacent to an activating group) is 6. The molecule has 103 heavy (non-hydrogen) atoms. The lowest BCUT2D eigenvalue weighted by Gasteiger charge is -2.38. The third kappa shape index (κ3) is 26.7. The van der Waals surface area contributed by atoms with Gasteiger partial charge in [0, 0.05) is 87.6 Å². The van der Waals surface area contributed by atoms with E-state index in [9.17, 15) is 48.9 Å². The van der Waals surface area contributed by atoms with Gasteiger partial charge in [0.1, 0.15) is 60.6 Å². The minimum atomic E-state index is -1.69. The second kappa shape index (κ2) is 40.5. The lowest BCUT2D eigenvalue weighted by molar-refractivity contribution is -0.151. The summed E-state index contributed by atoms with van der Waals surface area (Å²) < 4.78 is 21.4.